The van der Waals surface area contributed by atoms with Crippen molar-refractivity contribution in [3.8, 4) is 0 Å². The van der Waals surface area contributed by atoms with Crippen LogP contribution in [-0.2, 0) is 11.3 Å². The number of urea groups is 1. The molecule has 3 unspecified atom stereocenters. The van der Waals surface area contributed by atoms with Gasteiger partial charge in [0.25, 0.3) is 0 Å². The number of hydrogen-bond donors (Lipinski definition) is 4. The van der Waals surface area contributed by atoms with E-state index < -0.39 is 24.8 Å². The van der Waals surface area contributed by atoms with Gasteiger partial charge in [0.05, 0.1) is 19.3 Å². The van der Waals surface area contributed by atoms with Gasteiger partial charge < -0.3 is 25.7 Å². The van der Waals surface area contributed by atoms with E-state index in [4.69, 9.17) is 5.11 Å². The second kappa shape index (κ2) is 8.12. The smallest absolute Gasteiger partial charge is 0.318 e. The number of fused-ring (bicyclic) bond motifs is 1. The van der Waals surface area contributed by atoms with Gasteiger partial charge in [0.1, 0.15) is 6.04 Å². The lowest BCUT2D eigenvalue weighted by molar-refractivity contribution is -0.121. The first-order chi connectivity index (χ1) is 11.5. The van der Waals surface area contributed by atoms with Crippen LogP contribution in [0.4, 0.5) is 10.5 Å². The summed E-state index contributed by atoms with van der Waals surface area (Å²) in [7, 11) is 0. The highest BCUT2D eigenvalue weighted by atomic mass is 16.3. The largest absolute Gasteiger partial charge is 0.394 e. The molecule has 2 rings (SSSR count). The van der Waals surface area contributed by atoms with E-state index in [1.165, 1.54) is 4.90 Å². The van der Waals surface area contributed by atoms with Crippen molar-refractivity contribution in [2.45, 2.75) is 39.0 Å². The molecule has 1 aromatic carbocycles. The van der Waals surface area contributed by atoms with Crippen molar-refractivity contribution in [3.05, 3.63) is 29.8 Å². The number of aliphatic hydroxyl groups is 2. The molecule has 4 N–H and O–H groups in total. The maximum Gasteiger partial charge on any atom is 0.318 e. The number of anilines is 1. The second-order valence-corrected chi connectivity index (χ2v) is 6.13. The van der Waals surface area contributed by atoms with Gasteiger partial charge in [-0.05, 0) is 17.5 Å². The SMILES string of the molecule is CCC(C)C1C(=O)Nc2ccccc2CN1C(=O)NCC(O)CO. The molecule has 1 heterocycles. The average Bonchev–Trinajstić information content (AvgIpc) is 2.74. The highest BCUT2D eigenvalue weighted by molar-refractivity contribution is 5.98. The summed E-state index contributed by atoms with van der Waals surface area (Å²) in [5.74, 6) is -0.236. The van der Waals surface area contributed by atoms with Gasteiger partial charge in [-0.1, -0.05) is 38.5 Å². The van der Waals surface area contributed by atoms with E-state index in [-0.39, 0.29) is 18.4 Å². The molecule has 1 aliphatic heterocycles. The lowest BCUT2D eigenvalue weighted by atomic mass is 9.97. The summed E-state index contributed by atoms with van der Waals surface area (Å²) in [5, 5.41) is 23.8. The van der Waals surface area contributed by atoms with E-state index in [0.29, 0.717) is 12.2 Å². The van der Waals surface area contributed by atoms with Crippen molar-refractivity contribution in [2.75, 3.05) is 18.5 Å². The van der Waals surface area contributed by atoms with E-state index in [9.17, 15) is 14.7 Å². The summed E-state index contributed by atoms with van der Waals surface area (Å²) in [5.41, 5.74) is 1.57. The van der Waals surface area contributed by atoms with Crippen LogP contribution in [0.5, 0.6) is 0 Å². The van der Waals surface area contributed by atoms with Crippen LogP contribution in [0.15, 0.2) is 24.3 Å². The van der Waals surface area contributed by atoms with Gasteiger partial charge in [0, 0.05) is 12.2 Å². The van der Waals surface area contributed by atoms with Gasteiger partial charge in [-0.2, -0.15) is 0 Å². The Hall–Kier alpha value is -2.12. The molecule has 3 atom stereocenters. The molecule has 1 aromatic rings. The first-order valence-electron chi connectivity index (χ1n) is 8.20. The van der Waals surface area contributed by atoms with E-state index in [1.807, 2.05) is 38.1 Å². The van der Waals surface area contributed by atoms with Gasteiger partial charge in [0.15, 0.2) is 0 Å². The van der Waals surface area contributed by atoms with E-state index >= 15 is 0 Å². The molecule has 0 saturated carbocycles. The normalized spacial score (nSPS) is 19.8. The third-order valence-corrected chi connectivity index (χ3v) is 4.36. The average molecular weight is 335 g/mol. The summed E-state index contributed by atoms with van der Waals surface area (Å²) < 4.78 is 0. The molecule has 7 nitrogen and oxygen atoms in total. The number of aliphatic hydroxyl groups excluding tert-OH is 2. The topological polar surface area (TPSA) is 102 Å². The number of benzene rings is 1. The van der Waals surface area contributed by atoms with Crippen LogP contribution in [0.3, 0.4) is 0 Å². The fraction of sp³-hybridized carbons (Fsp3) is 0.529. The second-order valence-electron chi connectivity index (χ2n) is 6.13. The van der Waals surface area contributed by atoms with Gasteiger partial charge >= 0.3 is 6.03 Å². The Kier molecular flexibility index (Phi) is 6.16. The van der Waals surface area contributed by atoms with Crippen LogP contribution in [0.25, 0.3) is 0 Å². The fourth-order valence-corrected chi connectivity index (χ4v) is 2.77. The monoisotopic (exact) mass is 335 g/mol. The Morgan fingerprint density at radius 1 is 1.46 bits per heavy atom. The van der Waals surface area contributed by atoms with Crippen LogP contribution in [0.1, 0.15) is 25.8 Å². The minimum atomic E-state index is -1.02. The van der Waals surface area contributed by atoms with E-state index in [0.717, 1.165) is 12.0 Å². The number of rotatable bonds is 5. The van der Waals surface area contributed by atoms with Crippen LogP contribution in [-0.4, -0.2) is 52.3 Å². The molecule has 24 heavy (non-hydrogen) atoms. The number of carbonyl (C=O) groups is 2. The zero-order valence-electron chi connectivity index (χ0n) is 14.0. The Morgan fingerprint density at radius 3 is 2.83 bits per heavy atom. The molecule has 0 fully saturated rings. The van der Waals surface area contributed by atoms with Gasteiger partial charge in [-0.15, -0.1) is 0 Å². The zero-order chi connectivity index (χ0) is 17.7. The van der Waals surface area contributed by atoms with Crippen molar-refractivity contribution in [1.29, 1.82) is 0 Å². The number of hydrogen-bond acceptors (Lipinski definition) is 4. The number of para-hydroxylation sites is 1. The number of nitrogens with zero attached hydrogens (tertiary/aromatic N) is 1. The van der Waals surface area contributed by atoms with Crippen molar-refractivity contribution in [2.24, 2.45) is 5.92 Å². The van der Waals surface area contributed by atoms with Crippen molar-refractivity contribution < 1.29 is 19.8 Å². The number of nitrogens with one attached hydrogen (secondary N) is 2. The lowest BCUT2D eigenvalue weighted by Crippen LogP contribution is -2.53. The van der Waals surface area contributed by atoms with E-state index in [2.05, 4.69) is 10.6 Å². The Balaban J connectivity index is 2.28. The zero-order valence-corrected chi connectivity index (χ0v) is 14.0. The maximum atomic E-state index is 12.7. The molecular weight excluding hydrogens is 310 g/mol. The standard InChI is InChI=1S/C17H25N3O4/c1-3-11(2)15-16(23)19-14-7-5-4-6-12(14)9-20(15)17(24)18-8-13(22)10-21/h4-7,11,13,15,21-22H,3,8-10H2,1-2H3,(H,18,24)(H,19,23). The van der Waals surface area contributed by atoms with Crippen LogP contribution in [0.2, 0.25) is 0 Å². The van der Waals surface area contributed by atoms with Crippen LogP contribution in [0, 0.1) is 5.92 Å². The molecular formula is C17H25N3O4. The van der Waals surface area contributed by atoms with Crippen molar-refractivity contribution >= 4 is 17.6 Å². The van der Waals surface area contributed by atoms with Crippen LogP contribution < -0.4 is 10.6 Å². The Bertz CT molecular complexity index is 593. The Morgan fingerprint density at radius 2 is 2.17 bits per heavy atom. The number of amides is 3. The van der Waals surface area contributed by atoms with E-state index in [1.54, 1.807) is 0 Å². The highest BCUT2D eigenvalue weighted by Crippen LogP contribution is 2.27. The van der Waals surface area contributed by atoms with Crippen molar-refractivity contribution in [3.63, 3.8) is 0 Å². The third kappa shape index (κ3) is 4.04. The van der Waals surface area contributed by atoms with Gasteiger partial charge in [-0.25, -0.2) is 4.79 Å². The molecule has 0 bridgehead atoms. The van der Waals surface area contributed by atoms with Crippen LogP contribution >= 0.6 is 0 Å². The molecule has 0 aliphatic carbocycles. The fourth-order valence-electron chi connectivity index (χ4n) is 2.77. The quantitative estimate of drug-likeness (QED) is 0.642. The highest BCUT2D eigenvalue weighted by Gasteiger charge is 2.36. The first-order valence-corrected chi connectivity index (χ1v) is 8.20. The number of carbonyl (C=O) groups excluding carboxylic acids is 2. The Labute approximate surface area is 141 Å². The summed E-state index contributed by atoms with van der Waals surface area (Å²) in [6, 6.07) is 6.36. The predicted molar refractivity (Wildman–Crippen MR) is 90.3 cm³/mol. The molecule has 132 valence electrons. The molecule has 7 heteroatoms. The minimum absolute atomic E-state index is 0.0205. The third-order valence-electron chi connectivity index (χ3n) is 4.36. The summed E-state index contributed by atoms with van der Waals surface area (Å²) >= 11 is 0. The lowest BCUT2D eigenvalue weighted by Gasteiger charge is -2.32. The summed E-state index contributed by atoms with van der Waals surface area (Å²) in [6.07, 6.45) is -0.276. The molecule has 3 amide bonds. The maximum absolute atomic E-state index is 12.7. The van der Waals surface area contributed by atoms with Gasteiger partial charge in [-0.3, -0.25) is 4.79 Å². The molecule has 0 spiro atoms. The summed E-state index contributed by atoms with van der Waals surface area (Å²) in [6.45, 7) is 3.70. The molecule has 0 saturated heterocycles. The minimum Gasteiger partial charge on any atom is -0.394 e. The summed E-state index contributed by atoms with van der Waals surface area (Å²) in [4.78, 5) is 26.8. The molecule has 0 aromatic heterocycles. The first kappa shape index (κ1) is 18.2. The predicted octanol–water partition coefficient (Wildman–Crippen LogP) is 0.918. The van der Waals surface area contributed by atoms with Gasteiger partial charge in [0.2, 0.25) is 5.91 Å². The molecule has 0 radical (unpaired) electrons. The van der Waals surface area contributed by atoms with Crippen molar-refractivity contribution in [1.82, 2.24) is 10.2 Å². The molecule has 1 aliphatic rings.